The Hall–Kier alpha value is -3.04. The van der Waals surface area contributed by atoms with Gasteiger partial charge in [-0.05, 0) is 42.5 Å². The number of H-pyrrole nitrogens is 2. The molecule has 0 aliphatic heterocycles. The molecule has 0 fully saturated rings. The summed E-state index contributed by atoms with van der Waals surface area (Å²) in [5, 5.41) is 2.62. The highest BCUT2D eigenvalue weighted by Crippen LogP contribution is 2.35. The van der Waals surface area contributed by atoms with E-state index in [9.17, 15) is 27.6 Å². The first-order chi connectivity index (χ1) is 12.2. The Morgan fingerprint density at radius 1 is 1.23 bits per heavy atom. The average Bonchev–Trinajstić information content (AvgIpc) is 2.57. The summed E-state index contributed by atoms with van der Waals surface area (Å²) in [6, 6.07) is 2.84. The van der Waals surface area contributed by atoms with Crippen molar-refractivity contribution in [2.24, 2.45) is 0 Å². The maximum absolute atomic E-state index is 12.9. The Labute approximate surface area is 144 Å². The second kappa shape index (κ2) is 6.36. The molecule has 26 heavy (non-hydrogen) atoms. The first-order valence-electron chi connectivity index (χ1n) is 7.80. The summed E-state index contributed by atoms with van der Waals surface area (Å²) >= 11 is 0. The molecule has 0 spiro atoms. The van der Waals surface area contributed by atoms with E-state index in [-0.39, 0.29) is 5.69 Å². The molecule has 0 saturated carbocycles. The molecule has 1 atom stereocenters. The second-order valence-electron chi connectivity index (χ2n) is 6.03. The van der Waals surface area contributed by atoms with Gasteiger partial charge < -0.3 is 16.0 Å². The van der Waals surface area contributed by atoms with Crippen molar-refractivity contribution in [1.82, 2.24) is 15.3 Å². The van der Waals surface area contributed by atoms with Crippen LogP contribution in [0, 0.1) is 0 Å². The Morgan fingerprint density at radius 3 is 2.65 bits per heavy atom. The van der Waals surface area contributed by atoms with Gasteiger partial charge in [-0.25, -0.2) is 4.79 Å². The quantitative estimate of drug-likeness (QED) is 0.641. The molecule has 1 heterocycles. The molecule has 10 heteroatoms. The largest absolute Gasteiger partial charge is 0.416 e. The van der Waals surface area contributed by atoms with Gasteiger partial charge >= 0.3 is 11.9 Å². The first kappa shape index (κ1) is 17.8. The van der Waals surface area contributed by atoms with Crippen molar-refractivity contribution in [2.75, 3.05) is 5.73 Å². The fourth-order valence-electron chi connectivity index (χ4n) is 3.05. The highest BCUT2D eigenvalue weighted by Gasteiger charge is 2.32. The van der Waals surface area contributed by atoms with Crippen molar-refractivity contribution in [3.63, 3.8) is 0 Å². The van der Waals surface area contributed by atoms with Crippen LogP contribution in [0.5, 0.6) is 0 Å². The van der Waals surface area contributed by atoms with Crippen molar-refractivity contribution < 1.29 is 18.0 Å². The number of nitrogens with two attached hydrogens (primary N) is 1. The van der Waals surface area contributed by atoms with E-state index in [0.717, 1.165) is 12.1 Å². The van der Waals surface area contributed by atoms with Gasteiger partial charge in [0, 0.05) is 0 Å². The number of aryl methyl sites for hydroxylation is 1. The van der Waals surface area contributed by atoms with E-state index in [1.807, 2.05) is 4.98 Å². The molecule has 7 nitrogen and oxygen atoms in total. The minimum absolute atomic E-state index is 0.377. The predicted molar refractivity (Wildman–Crippen MR) is 86.7 cm³/mol. The number of aromatic nitrogens is 2. The minimum atomic E-state index is -4.44. The molecule has 5 N–H and O–H groups in total. The summed E-state index contributed by atoms with van der Waals surface area (Å²) in [4.78, 5) is 39.3. The highest BCUT2D eigenvalue weighted by molar-refractivity contribution is 5.97. The second-order valence-corrected chi connectivity index (χ2v) is 6.03. The number of nitrogen functional groups attached to an aromatic ring is 1. The lowest BCUT2D eigenvalue weighted by atomic mass is 9.86. The third-order valence-electron chi connectivity index (χ3n) is 4.30. The number of amides is 1. The smallest absolute Gasteiger partial charge is 0.392 e. The number of carbonyl (C=O) groups excluding carboxylic acids is 1. The number of halogens is 3. The standard InChI is InChI=1S/C16H15F3N4O3/c17-16(18,19)8-4-5-9-7(6-8)2-1-3-10(9)21-14(25)12-11(20)13(24)23-15(26)22-12/h4-6,10H,1-3,20H2,(H,21,25)(H2,22,23,24,26). The van der Waals surface area contributed by atoms with E-state index in [4.69, 9.17) is 5.73 Å². The van der Waals surface area contributed by atoms with Crippen LogP contribution in [0.2, 0.25) is 0 Å². The van der Waals surface area contributed by atoms with Gasteiger partial charge in [0.2, 0.25) is 0 Å². The number of benzene rings is 1. The Kier molecular flexibility index (Phi) is 4.34. The molecule has 1 aliphatic carbocycles. The molecule has 1 aromatic carbocycles. The van der Waals surface area contributed by atoms with E-state index >= 15 is 0 Å². The van der Waals surface area contributed by atoms with E-state index in [0.29, 0.717) is 30.4 Å². The minimum Gasteiger partial charge on any atom is -0.392 e. The van der Waals surface area contributed by atoms with E-state index in [1.54, 1.807) is 0 Å². The molecule has 2 aromatic rings. The monoisotopic (exact) mass is 368 g/mol. The molecule has 1 amide bonds. The lowest BCUT2D eigenvalue weighted by Crippen LogP contribution is -2.36. The van der Waals surface area contributed by atoms with E-state index < -0.39 is 40.6 Å². The molecular weight excluding hydrogens is 353 g/mol. The molecule has 3 rings (SSSR count). The average molecular weight is 368 g/mol. The Morgan fingerprint density at radius 2 is 1.96 bits per heavy atom. The maximum Gasteiger partial charge on any atom is 0.416 e. The van der Waals surface area contributed by atoms with Crippen LogP contribution in [0.15, 0.2) is 27.8 Å². The molecular formula is C16H15F3N4O3. The summed E-state index contributed by atoms with van der Waals surface area (Å²) in [5.41, 5.74) is 3.26. The van der Waals surface area contributed by atoms with Gasteiger partial charge in [0.25, 0.3) is 11.5 Å². The van der Waals surface area contributed by atoms with Crippen molar-refractivity contribution in [1.29, 1.82) is 0 Å². The number of hydrogen-bond acceptors (Lipinski definition) is 4. The zero-order valence-corrected chi connectivity index (χ0v) is 13.4. The molecule has 1 unspecified atom stereocenters. The molecule has 0 saturated heterocycles. The van der Waals surface area contributed by atoms with Crippen LogP contribution >= 0.6 is 0 Å². The Balaban J connectivity index is 1.90. The fourth-order valence-corrected chi connectivity index (χ4v) is 3.05. The summed E-state index contributed by atoms with van der Waals surface area (Å²) < 4.78 is 38.6. The third kappa shape index (κ3) is 3.35. The summed E-state index contributed by atoms with van der Waals surface area (Å²) in [5.74, 6) is -0.775. The van der Waals surface area contributed by atoms with Crippen LogP contribution in [0.1, 0.15) is 46.1 Å². The van der Waals surface area contributed by atoms with Gasteiger partial charge in [-0.1, -0.05) is 6.07 Å². The van der Waals surface area contributed by atoms with Crippen LogP contribution in [-0.4, -0.2) is 15.9 Å². The van der Waals surface area contributed by atoms with Gasteiger partial charge in [-0.2, -0.15) is 13.2 Å². The normalized spacial score (nSPS) is 16.8. The molecule has 1 aromatic heterocycles. The number of rotatable bonds is 2. The van der Waals surface area contributed by atoms with Gasteiger partial charge in [0.05, 0.1) is 11.6 Å². The van der Waals surface area contributed by atoms with Gasteiger partial charge in [0.15, 0.2) is 0 Å². The lowest BCUT2D eigenvalue weighted by Gasteiger charge is -2.27. The van der Waals surface area contributed by atoms with Crippen LogP contribution in [0.25, 0.3) is 0 Å². The SMILES string of the molecule is Nc1c(C(=O)NC2CCCc3cc(C(F)(F)F)ccc32)[nH]c(=O)[nH]c1=O. The topological polar surface area (TPSA) is 121 Å². The molecule has 0 radical (unpaired) electrons. The van der Waals surface area contributed by atoms with Gasteiger partial charge in [0.1, 0.15) is 11.4 Å². The van der Waals surface area contributed by atoms with Crippen LogP contribution in [-0.2, 0) is 12.6 Å². The van der Waals surface area contributed by atoms with E-state index in [1.165, 1.54) is 6.07 Å². The fraction of sp³-hybridized carbons (Fsp3) is 0.312. The molecule has 0 bridgehead atoms. The van der Waals surface area contributed by atoms with Gasteiger partial charge in [-0.3, -0.25) is 14.6 Å². The van der Waals surface area contributed by atoms with Crippen LogP contribution < -0.4 is 22.3 Å². The van der Waals surface area contributed by atoms with Crippen LogP contribution in [0.3, 0.4) is 0 Å². The zero-order chi connectivity index (χ0) is 19.1. The summed E-state index contributed by atoms with van der Waals surface area (Å²) in [6.45, 7) is 0. The molecule has 138 valence electrons. The maximum atomic E-state index is 12.9. The number of carbonyl (C=O) groups is 1. The summed E-state index contributed by atoms with van der Waals surface area (Å²) in [6.07, 6.45) is -2.88. The van der Waals surface area contributed by atoms with Crippen molar-refractivity contribution in [2.45, 2.75) is 31.5 Å². The highest BCUT2D eigenvalue weighted by atomic mass is 19.4. The predicted octanol–water partition coefficient (Wildman–Crippen LogP) is 1.47. The molecule has 1 aliphatic rings. The van der Waals surface area contributed by atoms with Crippen molar-refractivity contribution in [3.8, 4) is 0 Å². The van der Waals surface area contributed by atoms with Crippen LogP contribution in [0.4, 0.5) is 18.9 Å². The van der Waals surface area contributed by atoms with Gasteiger partial charge in [-0.15, -0.1) is 0 Å². The number of fused-ring (bicyclic) bond motifs is 1. The number of aromatic amines is 2. The Bertz CT molecular complexity index is 978. The summed E-state index contributed by atoms with van der Waals surface area (Å²) in [7, 11) is 0. The number of hydrogen-bond donors (Lipinski definition) is 4. The lowest BCUT2D eigenvalue weighted by molar-refractivity contribution is -0.137. The number of alkyl halides is 3. The third-order valence-corrected chi connectivity index (χ3v) is 4.30. The number of anilines is 1. The zero-order valence-electron chi connectivity index (χ0n) is 13.4. The van der Waals surface area contributed by atoms with E-state index in [2.05, 4.69) is 10.3 Å². The van der Waals surface area contributed by atoms with Crippen molar-refractivity contribution in [3.05, 3.63) is 61.4 Å². The van der Waals surface area contributed by atoms with Crippen molar-refractivity contribution >= 4 is 11.6 Å². The number of nitrogens with one attached hydrogen (secondary N) is 3. The first-order valence-corrected chi connectivity index (χ1v) is 7.80.